The van der Waals surface area contributed by atoms with Crippen LogP contribution in [0.1, 0.15) is 31.9 Å². The molecule has 0 atom stereocenters. The number of quaternary nitrogens is 1. The fourth-order valence-corrected chi connectivity index (χ4v) is 2.57. The average molecular weight is 483 g/mol. The van der Waals surface area contributed by atoms with Crippen LogP contribution in [0.3, 0.4) is 0 Å². The van der Waals surface area contributed by atoms with Gasteiger partial charge in [0.2, 0.25) is 5.60 Å². The van der Waals surface area contributed by atoms with Crippen LogP contribution in [0.25, 0.3) is 0 Å². The summed E-state index contributed by atoms with van der Waals surface area (Å²) in [7, 11) is 4.21. The summed E-state index contributed by atoms with van der Waals surface area (Å²) < 4.78 is 6.25. The first-order valence-electron chi connectivity index (χ1n) is 8.93. The molecular formula is C22H30INO3. The van der Waals surface area contributed by atoms with Crippen LogP contribution in [0.4, 0.5) is 0 Å². The number of nitrogens with zero attached hydrogens (tertiary/aromatic N) is 1. The molecule has 0 aliphatic heterocycles. The van der Waals surface area contributed by atoms with Gasteiger partial charge in [-0.05, 0) is 31.9 Å². The summed E-state index contributed by atoms with van der Waals surface area (Å²) in [4.78, 5) is 12.9. The summed E-state index contributed by atoms with van der Waals surface area (Å²) in [6.45, 7) is 7.36. The number of ether oxygens (including phenoxy) is 1. The van der Waals surface area contributed by atoms with Gasteiger partial charge in [0, 0.05) is 0 Å². The van der Waals surface area contributed by atoms with Crippen molar-refractivity contribution in [3.63, 3.8) is 0 Å². The van der Waals surface area contributed by atoms with Crippen molar-refractivity contribution >= 4 is 5.97 Å². The van der Waals surface area contributed by atoms with Gasteiger partial charge in [0.05, 0.1) is 19.6 Å². The third-order valence-corrected chi connectivity index (χ3v) is 5.38. The Bertz CT molecular complexity index is 685. The van der Waals surface area contributed by atoms with Gasteiger partial charge in [-0.3, -0.25) is 0 Å². The van der Waals surface area contributed by atoms with E-state index >= 15 is 0 Å². The molecule has 0 unspecified atom stereocenters. The number of benzene rings is 2. The summed E-state index contributed by atoms with van der Waals surface area (Å²) in [5.74, 6) is -0.649. The quantitative estimate of drug-likeness (QED) is 0.367. The lowest BCUT2D eigenvalue weighted by Gasteiger charge is -2.42. The van der Waals surface area contributed by atoms with Crippen molar-refractivity contribution in [3.8, 4) is 0 Å². The highest BCUT2D eigenvalue weighted by Crippen LogP contribution is 2.31. The van der Waals surface area contributed by atoms with Crippen LogP contribution in [0.2, 0.25) is 0 Å². The second-order valence-corrected chi connectivity index (χ2v) is 8.16. The zero-order valence-corrected chi connectivity index (χ0v) is 18.9. The van der Waals surface area contributed by atoms with Crippen LogP contribution in [0.5, 0.6) is 0 Å². The molecule has 0 saturated heterocycles. The topological polar surface area (TPSA) is 46.5 Å². The Hall–Kier alpha value is -1.44. The standard InChI is InChI=1S/C22H30NO3.HI/c1-21(2,3)23(4,5)16-17-26-20(24)22(25,18-12-8-6-9-13-18)19-14-10-7-11-15-19;/h6-15,25H,16-17H2,1-5H3;1H/q+1;/p-1. The van der Waals surface area contributed by atoms with E-state index in [-0.39, 0.29) is 36.1 Å². The Morgan fingerprint density at radius 3 is 1.70 bits per heavy atom. The first-order chi connectivity index (χ1) is 12.1. The Morgan fingerprint density at radius 2 is 1.33 bits per heavy atom. The first kappa shape index (κ1) is 23.6. The van der Waals surface area contributed by atoms with Gasteiger partial charge >= 0.3 is 5.97 Å². The lowest BCUT2D eigenvalue weighted by molar-refractivity contribution is -0.935. The maximum Gasteiger partial charge on any atom is 0.347 e. The molecule has 0 fully saturated rings. The number of halogens is 1. The van der Waals surface area contributed by atoms with Crippen molar-refractivity contribution in [2.75, 3.05) is 27.2 Å². The molecule has 0 aliphatic carbocycles. The molecule has 0 aromatic heterocycles. The summed E-state index contributed by atoms with van der Waals surface area (Å²) in [6, 6.07) is 17.9. The predicted octanol–water partition coefficient (Wildman–Crippen LogP) is 0.345. The van der Waals surface area contributed by atoms with Gasteiger partial charge in [-0.1, -0.05) is 60.7 Å². The average Bonchev–Trinajstić information content (AvgIpc) is 2.61. The number of esters is 1. The van der Waals surface area contributed by atoms with Crippen molar-refractivity contribution in [1.29, 1.82) is 0 Å². The number of carbonyl (C=O) groups excluding carboxylic acids is 1. The van der Waals surface area contributed by atoms with Gasteiger partial charge in [0.15, 0.2) is 0 Å². The van der Waals surface area contributed by atoms with Gasteiger partial charge in [0.1, 0.15) is 13.2 Å². The van der Waals surface area contributed by atoms with Crippen molar-refractivity contribution in [3.05, 3.63) is 71.8 Å². The fourth-order valence-electron chi connectivity index (χ4n) is 2.57. The zero-order valence-electron chi connectivity index (χ0n) is 16.8. The minimum Gasteiger partial charge on any atom is -1.00 e. The lowest BCUT2D eigenvalue weighted by atomic mass is 9.86. The highest BCUT2D eigenvalue weighted by atomic mass is 127. The first-order valence-corrected chi connectivity index (χ1v) is 8.93. The molecule has 0 spiro atoms. The van der Waals surface area contributed by atoms with E-state index in [1.54, 1.807) is 48.5 Å². The molecule has 2 aromatic rings. The molecule has 2 rings (SSSR count). The molecule has 2 aromatic carbocycles. The number of likely N-dealkylation sites (N-methyl/N-ethyl adjacent to an activating group) is 1. The van der Waals surface area contributed by atoms with Gasteiger partial charge < -0.3 is 38.3 Å². The van der Waals surface area contributed by atoms with Crippen LogP contribution in [0.15, 0.2) is 60.7 Å². The van der Waals surface area contributed by atoms with Gasteiger partial charge in [0.25, 0.3) is 0 Å². The smallest absolute Gasteiger partial charge is 0.347 e. The molecule has 5 heteroatoms. The van der Waals surface area contributed by atoms with E-state index in [0.29, 0.717) is 22.2 Å². The Balaban J connectivity index is 0.00000364. The monoisotopic (exact) mass is 483 g/mol. The van der Waals surface area contributed by atoms with Crippen molar-refractivity contribution in [2.24, 2.45) is 0 Å². The number of aliphatic hydroxyl groups is 1. The van der Waals surface area contributed by atoms with Crippen LogP contribution in [-0.2, 0) is 15.1 Å². The number of carbonyl (C=O) groups is 1. The second-order valence-electron chi connectivity index (χ2n) is 8.16. The molecule has 0 aliphatic rings. The SMILES string of the molecule is CC(C)(C)[N+](C)(C)CCOC(=O)C(O)(c1ccccc1)c1ccccc1.[I-]. The summed E-state index contributed by atoms with van der Waals surface area (Å²) in [6.07, 6.45) is 0. The van der Waals surface area contributed by atoms with E-state index in [4.69, 9.17) is 4.74 Å². The van der Waals surface area contributed by atoms with Crippen LogP contribution in [-0.4, -0.2) is 48.3 Å². The Labute approximate surface area is 179 Å². The van der Waals surface area contributed by atoms with Gasteiger partial charge in [-0.2, -0.15) is 0 Å². The number of rotatable bonds is 6. The third kappa shape index (κ3) is 5.30. The summed E-state index contributed by atoms with van der Waals surface area (Å²) in [5, 5.41) is 11.3. The molecule has 0 amide bonds. The molecule has 0 heterocycles. The van der Waals surface area contributed by atoms with Crippen LogP contribution < -0.4 is 24.0 Å². The van der Waals surface area contributed by atoms with Crippen molar-refractivity contribution < 1.29 is 43.1 Å². The van der Waals surface area contributed by atoms with E-state index in [1.807, 2.05) is 12.1 Å². The summed E-state index contributed by atoms with van der Waals surface area (Å²) in [5.41, 5.74) is -0.787. The molecule has 0 radical (unpaired) electrons. The minimum atomic E-state index is -1.82. The predicted molar refractivity (Wildman–Crippen MR) is 104 cm³/mol. The molecule has 0 saturated carbocycles. The van der Waals surface area contributed by atoms with E-state index < -0.39 is 11.6 Å². The molecular weight excluding hydrogens is 453 g/mol. The van der Waals surface area contributed by atoms with Gasteiger partial charge in [-0.15, -0.1) is 0 Å². The molecule has 0 bridgehead atoms. The number of hydrogen-bond acceptors (Lipinski definition) is 3. The fraction of sp³-hybridized carbons (Fsp3) is 0.409. The van der Waals surface area contributed by atoms with E-state index in [1.165, 1.54) is 0 Å². The minimum absolute atomic E-state index is 0. The maximum absolute atomic E-state index is 12.9. The molecule has 27 heavy (non-hydrogen) atoms. The van der Waals surface area contributed by atoms with Gasteiger partial charge in [-0.25, -0.2) is 4.79 Å². The molecule has 1 N–H and O–H groups in total. The van der Waals surface area contributed by atoms with Crippen LogP contribution in [0, 0.1) is 0 Å². The second kappa shape index (κ2) is 9.17. The maximum atomic E-state index is 12.9. The highest BCUT2D eigenvalue weighted by molar-refractivity contribution is 5.85. The Kier molecular flexibility index (Phi) is 8.01. The third-order valence-electron chi connectivity index (χ3n) is 5.38. The lowest BCUT2D eigenvalue weighted by Crippen LogP contribution is -3.00. The van der Waals surface area contributed by atoms with E-state index in [0.717, 1.165) is 0 Å². The van der Waals surface area contributed by atoms with Crippen molar-refractivity contribution in [1.82, 2.24) is 0 Å². The van der Waals surface area contributed by atoms with Crippen LogP contribution >= 0.6 is 0 Å². The molecule has 4 nitrogen and oxygen atoms in total. The van der Waals surface area contributed by atoms with Crippen molar-refractivity contribution in [2.45, 2.75) is 31.9 Å². The Morgan fingerprint density at radius 1 is 0.926 bits per heavy atom. The molecule has 148 valence electrons. The highest BCUT2D eigenvalue weighted by Gasteiger charge is 2.42. The zero-order chi connectivity index (χ0) is 19.4. The van der Waals surface area contributed by atoms with E-state index in [2.05, 4.69) is 34.9 Å². The number of hydrogen-bond donors (Lipinski definition) is 1. The normalized spacial score (nSPS) is 12.2. The summed E-state index contributed by atoms with van der Waals surface area (Å²) >= 11 is 0. The largest absolute Gasteiger partial charge is 1.00 e. The van der Waals surface area contributed by atoms with E-state index in [9.17, 15) is 9.90 Å².